The molecule has 20 N–H and O–H groups in total. The Morgan fingerprint density at radius 1 is 0.217 bits per heavy atom. The van der Waals surface area contributed by atoms with E-state index in [0.29, 0.717) is 0 Å². The van der Waals surface area contributed by atoms with Gasteiger partial charge in [0.15, 0.2) is 0 Å². The molecule has 0 fully saturated rings. The van der Waals surface area contributed by atoms with E-state index in [-0.39, 0.29) is 71.8 Å². The summed E-state index contributed by atoms with van der Waals surface area (Å²) in [6.45, 7) is 28.5. The van der Waals surface area contributed by atoms with E-state index in [0.717, 1.165) is 0 Å². The zero-order valence-corrected chi connectivity index (χ0v) is 12.1. The van der Waals surface area contributed by atoms with Gasteiger partial charge in [0, 0.05) is 0 Å². The van der Waals surface area contributed by atoms with Crippen LogP contribution in [-0.4, -0.2) is 54.8 Å². The van der Waals surface area contributed by atoms with Crippen LogP contribution in [0.4, 0.5) is 0 Å². The Labute approximate surface area is 143 Å². The van der Waals surface area contributed by atoms with Crippen molar-refractivity contribution in [2.45, 2.75) is 0 Å². The first kappa shape index (κ1) is 778. The summed E-state index contributed by atoms with van der Waals surface area (Å²) in [5.74, 6) is 0. The smallest absolute Gasteiger partial charge is 0.512 e. The van der Waals surface area contributed by atoms with Gasteiger partial charge < -0.3 is 126 Å². The van der Waals surface area contributed by atoms with Gasteiger partial charge in [-0.15, -0.1) is 0 Å². The first-order valence-electron chi connectivity index (χ1n) is 1.34. The minimum atomic E-state index is 0. The van der Waals surface area contributed by atoms with Gasteiger partial charge in [0.2, 0.25) is 0 Å². The number of hydrogen-bond donors (Lipinski definition) is 0. The van der Waals surface area contributed by atoms with Crippen LogP contribution in [0.15, 0.2) is 0 Å². The minimum Gasteiger partial charge on any atom is -0.512 e. The molecule has 142 valence electrons. The van der Waals surface area contributed by atoms with Crippen LogP contribution in [-0.2, 0) is 17.1 Å². The number of hydrogen-bond acceptors (Lipinski definition) is 6. The van der Waals surface area contributed by atoms with Gasteiger partial charge in [0.1, 0.15) is 0 Å². The summed E-state index contributed by atoms with van der Waals surface area (Å²) in [6, 6.07) is 0. The molecule has 0 aromatic rings. The van der Waals surface area contributed by atoms with Crippen LogP contribution in [0.5, 0.6) is 0 Å². The van der Waals surface area contributed by atoms with Crippen LogP contribution in [0.3, 0.4) is 0 Å². The van der Waals surface area contributed by atoms with Gasteiger partial charge in [-0.2, -0.15) is 0 Å². The van der Waals surface area contributed by atoms with Crippen LogP contribution in [0.1, 0.15) is 0 Å². The van der Waals surface area contributed by atoms with Crippen LogP contribution in [0.2, 0.25) is 0 Å². The molecule has 0 spiro atoms. The average Bonchev–Trinajstić information content (AvgIpc) is 2.33. The summed E-state index contributed by atoms with van der Waals surface area (Å²) in [5, 5.41) is 37.5. The first-order valence-corrected chi connectivity index (χ1v) is 1.34. The third-order valence-electron chi connectivity index (χ3n) is 0. The number of nitrogens with zero attached hydrogens (tertiary/aromatic N) is 6. The predicted octanol–water partition coefficient (Wildman–Crippen LogP) is -7.67. The Bertz CT molecular complexity index is 115. The quantitative estimate of drug-likeness (QED) is 0.284. The van der Waals surface area contributed by atoms with Crippen molar-refractivity contribution in [3.05, 3.63) is 39.4 Å². The molecule has 0 aromatic carbocycles. The largest absolute Gasteiger partial charge is 6.00 e. The van der Waals surface area contributed by atoms with E-state index in [1.54, 1.807) is 0 Å². The van der Waals surface area contributed by atoms with E-state index < -0.39 is 0 Å². The van der Waals surface area contributed by atoms with E-state index >= 15 is 0 Å². The summed E-state index contributed by atoms with van der Waals surface area (Å²) in [6.07, 6.45) is 0. The molecule has 0 heterocycles. The van der Waals surface area contributed by atoms with Crippen LogP contribution >= 0.6 is 0 Å². The fourth-order valence-electron chi connectivity index (χ4n) is 0. The van der Waals surface area contributed by atoms with E-state index in [2.05, 4.69) is 0 Å². The molecule has 0 aliphatic rings. The molecule has 16 nitrogen and oxygen atoms in total. The van der Waals surface area contributed by atoms with Crippen molar-refractivity contribution in [3.8, 4) is 0 Å². The third kappa shape index (κ3) is 641. The Morgan fingerprint density at radius 3 is 0.217 bits per heavy atom. The van der Waals surface area contributed by atoms with E-state index in [4.69, 9.17) is 71.0 Å². The maximum atomic E-state index is 6.25. The molecule has 0 bridgehead atoms. The fraction of sp³-hybridized carbons (Fsp3) is 0. The van der Waals surface area contributed by atoms with Gasteiger partial charge in [-0.25, -0.2) is 0 Å². The SMILES string of the molecule is O.O.O.O.O.O.O.O.O.O.[C-]#N.[C-]#N.[C-]#N.[C-]#N.[C-]#N.[C-]#N.[Fe+6]. The molecule has 0 aliphatic carbocycles. The topological polar surface area (TPSA) is 458 Å². The maximum Gasteiger partial charge on any atom is 6.00 e. The standard InChI is InChI=1S/6CN.Fe.10H2O/c6*1-2;;;;;;;;;;;/h;;;;;;;10*1H2/q6*-1;+6;;;;;;;;;;. The van der Waals surface area contributed by atoms with Crippen LogP contribution in [0, 0.1) is 71.0 Å². The van der Waals surface area contributed by atoms with Crippen molar-refractivity contribution >= 4 is 0 Å². The second-order valence-electron chi connectivity index (χ2n) is 0. The van der Waals surface area contributed by atoms with Crippen molar-refractivity contribution in [2.75, 3.05) is 0 Å². The van der Waals surface area contributed by atoms with Crippen molar-refractivity contribution in [1.82, 2.24) is 0 Å². The molecule has 23 heavy (non-hydrogen) atoms. The molecular formula is C6H20FeN6O10. The van der Waals surface area contributed by atoms with Crippen molar-refractivity contribution in [1.29, 1.82) is 31.6 Å². The molecule has 0 saturated heterocycles. The molecule has 0 unspecified atom stereocenters. The Morgan fingerprint density at radius 2 is 0.217 bits per heavy atom. The summed E-state index contributed by atoms with van der Waals surface area (Å²) in [7, 11) is 0. The molecular weight excluding hydrogens is 372 g/mol. The second-order valence-corrected chi connectivity index (χ2v) is 0. The molecule has 0 rings (SSSR count). The Balaban J connectivity index is -0.00000000114. The maximum absolute atomic E-state index is 6.25. The molecule has 0 aromatic heterocycles. The van der Waals surface area contributed by atoms with Gasteiger partial charge in [-0.1, -0.05) is 0 Å². The van der Waals surface area contributed by atoms with Crippen molar-refractivity contribution < 1.29 is 71.8 Å². The summed E-state index contributed by atoms with van der Waals surface area (Å²) >= 11 is 0. The van der Waals surface area contributed by atoms with Crippen LogP contribution < -0.4 is 0 Å². The Kier molecular flexibility index (Phi) is 24300. The Hall–Kier alpha value is -2.94. The second kappa shape index (κ2) is 719. The van der Waals surface area contributed by atoms with Crippen molar-refractivity contribution in [2.24, 2.45) is 0 Å². The van der Waals surface area contributed by atoms with Gasteiger partial charge in [-0.05, 0) is 0 Å². The molecule has 0 aliphatic heterocycles. The molecule has 0 atom stereocenters. The van der Waals surface area contributed by atoms with E-state index in [1.807, 2.05) is 0 Å². The normalized spacial score (nSPS) is 0.522. The predicted molar refractivity (Wildman–Crippen MR) is 65.9 cm³/mol. The first-order chi connectivity index (χ1) is 6.00. The minimum absolute atomic E-state index is 0. The molecule has 0 amide bonds. The van der Waals surface area contributed by atoms with E-state index in [1.165, 1.54) is 0 Å². The average molecular weight is 392 g/mol. The monoisotopic (exact) mass is 392 g/mol. The molecule has 0 radical (unpaired) electrons. The fourth-order valence-corrected chi connectivity index (χ4v) is 0. The summed E-state index contributed by atoms with van der Waals surface area (Å²) in [4.78, 5) is 0. The molecule has 0 saturated carbocycles. The third-order valence-corrected chi connectivity index (χ3v) is 0. The van der Waals surface area contributed by atoms with Crippen molar-refractivity contribution in [3.63, 3.8) is 0 Å². The van der Waals surface area contributed by atoms with Gasteiger partial charge in [0.05, 0.1) is 0 Å². The van der Waals surface area contributed by atoms with Gasteiger partial charge >= 0.3 is 17.1 Å². The summed E-state index contributed by atoms with van der Waals surface area (Å²) < 4.78 is 0. The zero-order chi connectivity index (χ0) is 12.0. The van der Waals surface area contributed by atoms with E-state index in [9.17, 15) is 0 Å². The van der Waals surface area contributed by atoms with Gasteiger partial charge in [0.25, 0.3) is 0 Å². The summed E-state index contributed by atoms with van der Waals surface area (Å²) in [5.41, 5.74) is 0. The number of rotatable bonds is 0. The zero-order valence-electron chi connectivity index (χ0n) is 11.0. The molecule has 17 heteroatoms. The van der Waals surface area contributed by atoms with Gasteiger partial charge in [-0.3, -0.25) is 0 Å². The van der Waals surface area contributed by atoms with Crippen LogP contribution in [0.25, 0.3) is 0 Å².